The Bertz CT molecular complexity index is 3220. The molecule has 11 aromatic rings. The summed E-state index contributed by atoms with van der Waals surface area (Å²) in [6, 6.07) is 72.2. The zero-order valence-electron chi connectivity index (χ0n) is 29.8. The van der Waals surface area contributed by atoms with Gasteiger partial charge in [0, 0.05) is 53.4 Å². The van der Waals surface area contributed by atoms with Crippen molar-refractivity contribution in [1.29, 1.82) is 0 Å². The molecule has 0 radical (unpaired) electrons. The van der Waals surface area contributed by atoms with E-state index in [0.29, 0.717) is 0 Å². The van der Waals surface area contributed by atoms with E-state index >= 15 is 0 Å². The molecule has 0 fully saturated rings. The number of anilines is 3. The van der Waals surface area contributed by atoms with Crippen molar-refractivity contribution in [2.45, 2.75) is 0 Å². The van der Waals surface area contributed by atoms with Crippen LogP contribution >= 0.6 is 11.3 Å². The van der Waals surface area contributed by atoms with Crippen LogP contribution in [-0.4, -0.2) is 0 Å². The van der Waals surface area contributed by atoms with E-state index in [0.717, 1.165) is 50.1 Å². The zero-order valence-corrected chi connectivity index (χ0v) is 30.6. The van der Waals surface area contributed by atoms with Gasteiger partial charge >= 0.3 is 0 Å². The third-order valence-corrected chi connectivity index (χ3v) is 12.0. The van der Waals surface area contributed by atoms with E-state index in [9.17, 15) is 0 Å². The van der Waals surface area contributed by atoms with Gasteiger partial charge in [0.15, 0.2) is 0 Å². The lowest BCUT2D eigenvalue weighted by Gasteiger charge is -2.29. The SMILES string of the molecule is c1cc(-c2cccc3ccccc23)cc(N(c2ccc(-c3cccc4c3oc3ccccc34)cc2)c2ccccc2-c2cccc3sc4ccccc4c23)c1. The van der Waals surface area contributed by atoms with Gasteiger partial charge in [0.1, 0.15) is 11.2 Å². The first-order valence-electron chi connectivity index (χ1n) is 18.7. The number of fused-ring (bicyclic) bond motifs is 7. The molecule has 2 nitrogen and oxygen atoms in total. The molecule has 2 aromatic heterocycles. The third-order valence-electron chi connectivity index (χ3n) is 10.9. The lowest BCUT2D eigenvalue weighted by Crippen LogP contribution is -2.11. The van der Waals surface area contributed by atoms with Gasteiger partial charge in [0.05, 0.1) is 5.69 Å². The number of thiophene rings is 1. The van der Waals surface area contributed by atoms with E-state index in [-0.39, 0.29) is 0 Å². The lowest BCUT2D eigenvalue weighted by molar-refractivity contribution is 0.670. The van der Waals surface area contributed by atoms with Crippen LogP contribution in [0.2, 0.25) is 0 Å². The molecule has 0 atom stereocenters. The van der Waals surface area contributed by atoms with Gasteiger partial charge < -0.3 is 9.32 Å². The second-order valence-electron chi connectivity index (χ2n) is 14.0. The van der Waals surface area contributed by atoms with Gasteiger partial charge in [-0.15, -0.1) is 11.3 Å². The minimum absolute atomic E-state index is 0.906. The first-order valence-corrected chi connectivity index (χ1v) is 19.5. The summed E-state index contributed by atoms with van der Waals surface area (Å²) in [5.41, 5.74) is 12.1. The summed E-state index contributed by atoms with van der Waals surface area (Å²) in [6.07, 6.45) is 0. The minimum Gasteiger partial charge on any atom is -0.455 e. The number of hydrogen-bond donors (Lipinski definition) is 0. The highest BCUT2D eigenvalue weighted by Crippen LogP contribution is 2.47. The van der Waals surface area contributed by atoms with Crippen LogP contribution in [0.4, 0.5) is 17.1 Å². The second-order valence-corrected chi connectivity index (χ2v) is 15.1. The van der Waals surface area contributed by atoms with Crippen molar-refractivity contribution in [3.63, 3.8) is 0 Å². The predicted octanol–water partition coefficient (Wildman–Crippen LogP) is 15.6. The molecule has 0 unspecified atom stereocenters. The largest absolute Gasteiger partial charge is 0.455 e. The summed E-state index contributed by atoms with van der Waals surface area (Å²) in [5.74, 6) is 0. The van der Waals surface area contributed by atoms with Crippen LogP contribution in [-0.2, 0) is 0 Å². The molecule has 0 aliphatic heterocycles. The van der Waals surface area contributed by atoms with Crippen LogP contribution in [0.3, 0.4) is 0 Å². The molecule has 9 aromatic carbocycles. The molecule has 0 aliphatic carbocycles. The lowest BCUT2D eigenvalue weighted by atomic mass is 9.95. The summed E-state index contributed by atoms with van der Waals surface area (Å²) in [5, 5.41) is 7.34. The van der Waals surface area contributed by atoms with Crippen LogP contribution in [0.5, 0.6) is 0 Å². The average Bonchev–Trinajstić information content (AvgIpc) is 3.83. The molecule has 0 N–H and O–H groups in total. The molecule has 55 heavy (non-hydrogen) atoms. The number of rotatable bonds is 6. The maximum Gasteiger partial charge on any atom is 0.143 e. The van der Waals surface area contributed by atoms with Gasteiger partial charge in [-0.2, -0.15) is 0 Å². The number of para-hydroxylation sites is 3. The van der Waals surface area contributed by atoms with E-state index in [1.54, 1.807) is 0 Å². The summed E-state index contributed by atoms with van der Waals surface area (Å²) in [6.45, 7) is 0. The van der Waals surface area contributed by atoms with Crippen LogP contribution < -0.4 is 4.90 Å². The smallest absolute Gasteiger partial charge is 0.143 e. The molecule has 0 saturated carbocycles. The van der Waals surface area contributed by atoms with Gasteiger partial charge in [0.2, 0.25) is 0 Å². The van der Waals surface area contributed by atoms with Crippen molar-refractivity contribution in [2.75, 3.05) is 4.90 Å². The van der Waals surface area contributed by atoms with Crippen LogP contribution in [0.1, 0.15) is 0 Å². The Morgan fingerprint density at radius 2 is 1.02 bits per heavy atom. The maximum atomic E-state index is 6.45. The third kappa shape index (κ3) is 5.24. The second kappa shape index (κ2) is 12.9. The standard InChI is InChI=1S/C52H33NOS/c1-2-17-39-34(13-1)14-10-21-40(39)36-15-9-16-38(33-36)53(37-31-29-35(30-32-37)41-22-11-24-45-43-19-4-7-26-48(43)54-52(41)45)47-25-6-3-18-42(47)44-23-12-28-50-51(44)46-20-5-8-27-49(46)55-50/h1-33H. The van der Waals surface area contributed by atoms with Crippen molar-refractivity contribution < 1.29 is 4.42 Å². The fraction of sp³-hybridized carbons (Fsp3) is 0. The number of furan rings is 1. The zero-order chi connectivity index (χ0) is 36.3. The van der Waals surface area contributed by atoms with Crippen molar-refractivity contribution >= 4 is 81.3 Å². The van der Waals surface area contributed by atoms with E-state index in [1.165, 1.54) is 53.2 Å². The summed E-state index contributed by atoms with van der Waals surface area (Å²) >= 11 is 1.86. The Balaban J connectivity index is 1.11. The molecule has 3 heteroatoms. The van der Waals surface area contributed by atoms with Gasteiger partial charge in [-0.25, -0.2) is 0 Å². The normalized spacial score (nSPS) is 11.6. The van der Waals surface area contributed by atoms with E-state index < -0.39 is 0 Å². The first-order chi connectivity index (χ1) is 27.3. The Kier molecular flexibility index (Phi) is 7.39. The number of hydrogen-bond acceptors (Lipinski definition) is 3. The molecule has 258 valence electrons. The molecule has 0 bridgehead atoms. The van der Waals surface area contributed by atoms with Gasteiger partial charge in [-0.3, -0.25) is 0 Å². The maximum absolute atomic E-state index is 6.45. The molecular weight excluding hydrogens is 687 g/mol. The van der Waals surface area contributed by atoms with Crippen molar-refractivity contribution in [3.05, 3.63) is 200 Å². The van der Waals surface area contributed by atoms with Crippen LogP contribution in [0.25, 0.3) is 86.3 Å². The van der Waals surface area contributed by atoms with Gasteiger partial charge in [-0.05, 0) is 81.6 Å². The molecular formula is C52H33NOS. The molecule has 0 saturated heterocycles. The Labute approximate surface area is 322 Å². The van der Waals surface area contributed by atoms with Crippen molar-refractivity contribution in [3.8, 4) is 33.4 Å². The summed E-state index contributed by atoms with van der Waals surface area (Å²) < 4.78 is 9.05. The van der Waals surface area contributed by atoms with Crippen LogP contribution in [0.15, 0.2) is 205 Å². The Morgan fingerprint density at radius 3 is 1.95 bits per heavy atom. The molecule has 0 amide bonds. The highest BCUT2D eigenvalue weighted by molar-refractivity contribution is 7.25. The van der Waals surface area contributed by atoms with E-state index in [1.807, 2.05) is 23.5 Å². The monoisotopic (exact) mass is 719 g/mol. The van der Waals surface area contributed by atoms with Crippen LogP contribution in [0, 0.1) is 0 Å². The Hall–Kier alpha value is -6.94. The fourth-order valence-electron chi connectivity index (χ4n) is 8.38. The van der Waals surface area contributed by atoms with Gasteiger partial charge in [-0.1, -0.05) is 152 Å². The minimum atomic E-state index is 0.906. The van der Waals surface area contributed by atoms with Gasteiger partial charge in [0.25, 0.3) is 0 Å². The fourth-order valence-corrected chi connectivity index (χ4v) is 9.51. The highest BCUT2D eigenvalue weighted by atomic mass is 32.1. The number of nitrogens with zero attached hydrogens (tertiary/aromatic N) is 1. The van der Waals surface area contributed by atoms with Crippen molar-refractivity contribution in [1.82, 2.24) is 0 Å². The summed E-state index contributed by atoms with van der Waals surface area (Å²) in [4.78, 5) is 2.42. The first kappa shape index (κ1) is 31.6. The van der Waals surface area contributed by atoms with E-state index in [2.05, 4.69) is 193 Å². The Morgan fingerprint density at radius 1 is 0.382 bits per heavy atom. The highest BCUT2D eigenvalue weighted by Gasteiger charge is 2.21. The molecule has 0 aliphatic rings. The average molecular weight is 720 g/mol. The number of benzene rings is 9. The van der Waals surface area contributed by atoms with E-state index in [4.69, 9.17) is 4.42 Å². The van der Waals surface area contributed by atoms with Crippen molar-refractivity contribution in [2.24, 2.45) is 0 Å². The summed E-state index contributed by atoms with van der Waals surface area (Å²) in [7, 11) is 0. The quantitative estimate of drug-likeness (QED) is 0.170. The molecule has 0 spiro atoms. The topological polar surface area (TPSA) is 16.4 Å². The molecule has 2 heterocycles. The molecule has 11 rings (SSSR count). The predicted molar refractivity (Wildman–Crippen MR) is 235 cm³/mol.